The minimum Gasteiger partial charge on any atom is -0.251 e. The van der Waals surface area contributed by atoms with Gasteiger partial charge in [-0.15, -0.1) is 0 Å². The predicted octanol–water partition coefficient (Wildman–Crippen LogP) is 3.56. The van der Waals surface area contributed by atoms with Crippen LogP contribution in [0.1, 0.15) is 46.0 Å². The highest BCUT2D eigenvalue weighted by atomic mass is 19.1. The molecule has 0 amide bonds. The molecule has 0 saturated heterocycles. The first kappa shape index (κ1) is 9.02. The van der Waals surface area contributed by atoms with Crippen LogP contribution in [0.5, 0.6) is 0 Å². The van der Waals surface area contributed by atoms with Crippen molar-refractivity contribution in [2.45, 2.75) is 46.0 Å². The second-order valence-electron chi connectivity index (χ2n) is 4.24. The van der Waals surface area contributed by atoms with Crippen molar-refractivity contribution < 1.29 is 4.39 Å². The molecule has 0 aromatic rings. The second-order valence-corrected chi connectivity index (χ2v) is 4.24. The van der Waals surface area contributed by atoms with Crippen molar-refractivity contribution in [2.75, 3.05) is 6.67 Å². The molecule has 0 heterocycles. The first-order valence-electron chi connectivity index (χ1n) is 4.75. The largest absolute Gasteiger partial charge is 0.251 e. The van der Waals surface area contributed by atoms with Gasteiger partial charge >= 0.3 is 0 Å². The normalized spacial score (nSPS) is 36.8. The maximum Gasteiger partial charge on any atom is 0.0894 e. The average molecular weight is 158 g/mol. The molecule has 0 aromatic carbocycles. The van der Waals surface area contributed by atoms with Gasteiger partial charge in [-0.3, -0.25) is 4.39 Å². The van der Waals surface area contributed by atoms with E-state index in [-0.39, 0.29) is 6.67 Å². The Hall–Kier alpha value is -0.0700. The molecule has 66 valence electrons. The Morgan fingerprint density at radius 1 is 1.45 bits per heavy atom. The van der Waals surface area contributed by atoms with Gasteiger partial charge in [0.2, 0.25) is 0 Å². The number of unbranched alkanes of at least 4 members (excludes halogenated alkanes) is 1. The van der Waals surface area contributed by atoms with Crippen molar-refractivity contribution in [3.8, 4) is 0 Å². The summed E-state index contributed by atoms with van der Waals surface area (Å²) < 4.78 is 11.8. The van der Waals surface area contributed by atoms with E-state index >= 15 is 0 Å². The van der Waals surface area contributed by atoms with Crippen molar-refractivity contribution in [3.63, 3.8) is 0 Å². The summed E-state index contributed by atoms with van der Waals surface area (Å²) in [6.45, 7) is 4.53. The Bertz CT molecular complexity index is 122. The van der Waals surface area contributed by atoms with Crippen LogP contribution >= 0.6 is 0 Å². The topological polar surface area (TPSA) is 0 Å². The van der Waals surface area contributed by atoms with E-state index in [0.29, 0.717) is 5.41 Å². The van der Waals surface area contributed by atoms with E-state index < -0.39 is 0 Å². The minimum atomic E-state index is -0.134. The SMILES string of the molecule is C[C@H]1CCC1(C)CCCCF. The monoisotopic (exact) mass is 158 g/mol. The lowest BCUT2D eigenvalue weighted by atomic mass is 9.60. The van der Waals surface area contributed by atoms with Crippen LogP contribution in [0, 0.1) is 11.3 Å². The third kappa shape index (κ3) is 1.94. The van der Waals surface area contributed by atoms with Crippen LogP contribution < -0.4 is 0 Å². The lowest BCUT2D eigenvalue weighted by Gasteiger charge is -2.45. The standard InChI is InChI=1S/C10H19F/c1-9-5-7-10(9,2)6-3-4-8-11/h9H,3-8H2,1-2H3/t9-,10?/m0/s1. The second kappa shape index (κ2) is 3.55. The van der Waals surface area contributed by atoms with Crippen molar-refractivity contribution >= 4 is 0 Å². The fraction of sp³-hybridized carbons (Fsp3) is 1.00. The number of rotatable bonds is 4. The van der Waals surface area contributed by atoms with Crippen molar-refractivity contribution in [1.29, 1.82) is 0 Å². The third-order valence-electron chi connectivity index (χ3n) is 3.47. The zero-order chi connectivity index (χ0) is 8.32. The van der Waals surface area contributed by atoms with E-state index in [1.165, 1.54) is 19.3 Å². The van der Waals surface area contributed by atoms with Crippen molar-refractivity contribution in [1.82, 2.24) is 0 Å². The van der Waals surface area contributed by atoms with Gasteiger partial charge in [-0.2, -0.15) is 0 Å². The van der Waals surface area contributed by atoms with Crippen LogP contribution in [0.25, 0.3) is 0 Å². The zero-order valence-corrected chi connectivity index (χ0v) is 7.70. The van der Waals surface area contributed by atoms with E-state index in [0.717, 1.165) is 18.8 Å². The summed E-state index contributed by atoms with van der Waals surface area (Å²) in [5, 5.41) is 0. The molecule has 1 fully saturated rings. The zero-order valence-electron chi connectivity index (χ0n) is 7.70. The summed E-state index contributed by atoms with van der Waals surface area (Å²) in [6, 6.07) is 0. The first-order chi connectivity index (χ1) is 5.19. The number of halogens is 1. The Kier molecular flexibility index (Phi) is 2.91. The van der Waals surface area contributed by atoms with Gasteiger partial charge in [0, 0.05) is 0 Å². The van der Waals surface area contributed by atoms with Crippen LogP contribution in [-0.4, -0.2) is 6.67 Å². The molecule has 1 unspecified atom stereocenters. The molecule has 1 aliphatic carbocycles. The molecule has 0 bridgehead atoms. The summed E-state index contributed by atoms with van der Waals surface area (Å²) in [7, 11) is 0. The molecule has 0 aromatic heterocycles. The van der Waals surface area contributed by atoms with E-state index in [2.05, 4.69) is 13.8 Å². The molecule has 0 N–H and O–H groups in total. The lowest BCUT2D eigenvalue weighted by molar-refractivity contribution is 0.0519. The fourth-order valence-corrected chi connectivity index (χ4v) is 1.92. The van der Waals surface area contributed by atoms with E-state index in [1.54, 1.807) is 0 Å². The van der Waals surface area contributed by atoms with E-state index in [1.807, 2.05) is 0 Å². The Morgan fingerprint density at radius 3 is 2.55 bits per heavy atom. The Balaban J connectivity index is 2.14. The summed E-state index contributed by atoms with van der Waals surface area (Å²) >= 11 is 0. The summed E-state index contributed by atoms with van der Waals surface area (Å²) in [5.74, 6) is 0.877. The number of hydrogen-bond donors (Lipinski definition) is 0. The maximum absolute atomic E-state index is 11.8. The minimum absolute atomic E-state index is 0.134. The smallest absolute Gasteiger partial charge is 0.0894 e. The first-order valence-corrected chi connectivity index (χ1v) is 4.75. The summed E-state index contributed by atoms with van der Waals surface area (Å²) in [5.41, 5.74) is 0.565. The predicted molar refractivity (Wildman–Crippen MR) is 46.3 cm³/mol. The molecule has 0 spiro atoms. The average Bonchev–Trinajstić information content (AvgIpc) is 2.02. The molecule has 0 radical (unpaired) electrons. The highest BCUT2D eigenvalue weighted by molar-refractivity contribution is 4.89. The lowest BCUT2D eigenvalue weighted by Crippen LogP contribution is -2.35. The highest BCUT2D eigenvalue weighted by Crippen LogP contribution is 2.49. The van der Waals surface area contributed by atoms with Crippen LogP contribution in [0.2, 0.25) is 0 Å². The van der Waals surface area contributed by atoms with Gasteiger partial charge in [-0.25, -0.2) is 0 Å². The molecule has 1 aliphatic rings. The van der Waals surface area contributed by atoms with Gasteiger partial charge in [-0.05, 0) is 37.0 Å². The summed E-state index contributed by atoms with van der Waals surface area (Å²) in [6.07, 6.45) is 5.82. The van der Waals surface area contributed by atoms with Crippen LogP contribution in [0.15, 0.2) is 0 Å². The van der Waals surface area contributed by atoms with Gasteiger partial charge in [0.1, 0.15) is 0 Å². The summed E-state index contributed by atoms with van der Waals surface area (Å²) in [4.78, 5) is 0. The molecule has 0 nitrogen and oxygen atoms in total. The molecule has 2 atom stereocenters. The fourth-order valence-electron chi connectivity index (χ4n) is 1.92. The van der Waals surface area contributed by atoms with Gasteiger partial charge in [0.25, 0.3) is 0 Å². The number of alkyl halides is 1. The van der Waals surface area contributed by atoms with E-state index in [9.17, 15) is 4.39 Å². The molecular weight excluding hydrogens is 139 g/mol. The maximum atomic E-state index is 11.8. The van der Waals surface area contributed by atoms with Gasteiger partial charge < -0.3 is 0 Å². The van der Waals surface area contributed by atoms with Crippen LogP contribution in [-0.2, 0) is 0 Å². The van der Waals surface area contributed by atoms with Crippen molar-refractivity contribution in [2.24, 2.45) is 11.3 Å². The highest BCUT2D eigenvalue weighted by Gasteiger charge is 2.38. The third-order valence-corrected chi connectivity index (χ3v) is 3.47. The molecule has 1 saturated carbocycles. The molecule has 11 heavy (non-hydrogen) atoms. The van der Waals surface area contributed by atoms with Crippen LogP contribution in [0.4, 0.5) is 4.39 Å². The van der Waals surface area contributed by atoms with Gasteiger partial charge in [-0.1, -0.05) is 20.3 Å². The Morgan fingerprint density at radius 2 is 2.18 bits per heavy atom. The van der Waals surface area contributed by atoms with E-state index in [4.69, 9.17) is 0 Å². The Labute approximate surface area is 69.2 Å². The van der Waals surface area contributed by atoms with Gasteiger partial charge in [0.15, 0.2) is 0 Å². The molecule has 1 heteroatoms. The number of hydrogen-bond acceptors (Lipinski definition) is 0. The van der Waals surface area contributed by atoms with Crippen LogP contribution in [0.3, 0.4) is 0 Å². The van der Waals surface area contributed by atoms with Crippen molar-refractivity contribution in [3.05, 3.63) is 0 Å². The molecule has 1 rings (SSSR count). The quantitative estimate of drug-likeness (QED) is 0.549. The molecule has 0 aliphatic heterocycles. The van der Waals surface area contributed by atoms with Gasteiger partial charge in [0.05, 0.1) is 6.67 Å². The molecular formula is C10H19F.